The van der Waals surface area contributed by atoms with Crippen molar-refractivity contribution in [3.05, 3.63) is 34.0 Å². The van der Waals surface area contributed by atoms with Crippen LogP contribution in [0, 0.1) is 5.82 Å². The van der Waals surface area contributed by atoms with E-state index in [-0.39, 0.29) is 12.9 Å². The standard InChI is InChI=1S/C8H10FNO.H2/c1-5(2)7-3-6(9)4-10-8(7)11;/h3-5H,1-2H3,(H,10,11);1H. The topological polar surface area (TPSA) is 32.9 Å². The summed E-state index contributed by atoms with van der Waals surface area (Å²) in [6.07, 6.45) is 1.06. The molecule has 1 aromatic heterocycles. The van der Waals surface area contributed by atoms with Crippen molar-refractivity contribution in [2.24, 2.45) is 0 Å². The lowest BCUT2D eigenvalue weighted by molar-refractivity contribution is 0.613. The number of pyridine rings is 1. The van der Waals surface area contributed by atoms with Gasteiger partial charge in [0, 0.05) is 13.2 Å². The maximum atomic E-state index is 12.5. The van der Waals surface area contributed by atoms with Crippen molar-refractivity contribution in [3.8, 4) is 0 Å². The second-order valence-electron chi connectivity index (χ2n) is 2.76. The molecule has 0 unspecified atom stereocenters. The fourth-order valence-corrected chi connectivity index (χ4v) is 0.902. The zero-order valence-corrected chi connectivity index (χ0v) is 6.52. The minimum atomic E-state index is -0.395. The lowest BCUT2D eigenvalue weighted by atomic mass is 10.1. The first-order chi connectivity index (χ1) is 5.11. The number of hydrogen-bond acceptors (Lipinski definition) is 1. The molecule has 0 aromatic carbocycles. The quantitative estimate of drug-likeness (QED) is 0.663. The highest BCUT2D eigenvalue weighted by Gasteiger charge is 2.04. The van der Waals surface area contributed by atoms with Crippen LogP contribution in [0.4, 0.5) is 4.39 Å². The van der Waals surface area contributed by atoms with E-state index in [9.17, 15) is 9.18 Å². The van der Waals surface area contributed by atoms with Crippen LogP contribution in [0.1, 0.15) is 26.8 Å². The van der Waals surface area contributed by atoms with Crippen molar-refractivity contribution < 1.29 is 5.82 Å². The van der Waals surface area contributed by atoms with Crippen LogP contribution in [-0.2, 0) is 0 Å². The van der Waals surface area contributed by atoms with Crippen molar-refractivity contribution >= 4 is 0 Å². The second-order valence-corrected chi connectivity index (χ2v) is 2.76. The predicted molar refractivity (Wildman–Crippen MR) is 43.2 cm³/mol. The van der Waals surface area contributed by atoms with Gasteiger partial charge in [0.1, 0.15) is 5.82 Å². The fourth-order valence-electron chi connectivity index (χ4n) is 0.902. The van der Waals surface area contributed by atoms with Crippen LogP contribution in [-0.4, -0.2) is 4.98 Å². The summed E-state index contributed by atoms with van der Waals surface area (Å²) in [7, 11) is 0. The molecule has 0 aliphatic carbocycles. The van der Waals surface area contributed by atoms with Crippen LogP contribution in [0.2, 0.25) is 0 Å². The Bertz CT molecular complexity index is 308. The van der Waals surface area contributed by atoms with E-state index >= 15 is 0 Å². The van der Waals surface area contributed by atoms with Gasteiger partial charge in [0.15, 0.2) is 0 Å². The van der Waals surface area contributed by atoms with Crippen LogP contribution in [0.3, 0.4) is 0 Å². The molecule has 0 aliphatic heterocycles. The maximum Gasteiger partial charge on any atom is 0.251 e. The first kappa shape index (κ1) is 7.98. The molecule has 1 N–H and O–H groups in total. The Morgan fingerprint density at radius 2 is 2.27 bits per heavy atom. The summed E-state index contributed by atoms with van der Waals surface area (Å²) < 4.78 is 12.5. The molecule has 0 atom stereocenters. The Morgan fingerprint density at radius 3 is 2.73 bits per heavy atom. The molecular formula is C8H12FNO. The third-order valence-electron chi connectivity index (χ3n) is 1.52. The lowest BCUT2D eigenvalue weighted by Gasteiger charge is -2.01. The van der Waals surface area contributed by atoms with Crippen molar-refractivity contribution in [2.45, 2.75) is 19.8 Å². The van der Waals surface area contributed by atoms with Crippen LogP contribution < -0.4 is 5.56 Å². The molecule has 0 spiro atoms. The van der Waals surface area contributed by atoms with Crippen molar-refractivity contribution in [3.63, 3.8) is 0 Å². The molecular weight excluding hydrogens is 145 g/mol. The fraction of sp³-hybridized carbons (Fsp3) is 0.375. The monoisotopic (exact) mass is 157 g/mol. The molecule has 2 nitrogen and oxygen atoms in total. The van der Waals surface area contributed by atoms with Gasteiger partial charge < -0.3 is 4.98 Å². The molecule has 3 heteroatoms. The summed E-state index contributed by atoms with van der Waals surface area (Å²) in [6.45, 7) is 3.70. The third-order valence-corrected chi connectivity index (χ3v) is 1.52. The number of hydrogen-bond donors (Lipinski definition) is 1. The van der Waals surface area contributed by atoms with Gasteiger partial charge in [-0.05, 0) is 12.0 Å². The molecule has 0 radical (unpaired) electrons. The van der Waals surface area contributed by atoms with E-state index in [1.165, 1.54) is 6.07 Å². The predicted octanol–water partition coefficient (Wildman–Crippen LogP) is 1.88. The number of nitrogens with one attached hydrogen (secondary N) is 1. The number of aromatic nitrogens is 1. The third kappa shape index (κ3) is 1.67. The van der Waals surface area contributed by atoms with E-state index < -0.39 is 5.82 Å². The van der Waals surface area contributed by atoms with E-state index in [1.54, 1.807) is 0 Å². The number of rotatable bonds is 1. The van der Waals surface area contributed by atoms with Gasteiger partial charge in [-0.15, -0.1) is 0 Å². The molecule has 0 bridgehead atoms. The van der Waals surface area contributed by atoms with Gasteiger partial charge in [0.05, 0.1) is 0 Å². The average molecular weight is 157 g/mol. The van der Waals surface area contributed by atoms with Crippen LogP contribution in [0.25, 0.3) is 0 Å². The number of halogens is 1. The Morgan fingerprint density at radius 1 is 1.64 bits per heavy atom. The first-order valence-electron chi connectivity index (χ1n) is 3.49. The van der Waals surface area contributed by atoms with Crippen LogP contribution >= 0.6 is 0 Å². The molecule has 1 rings (SSSR count). The summed E-state index contributed by atoms with van der Waals surface area (Å²) in [5.74, 6) is -0.331. The largest absolute Gasteiger partial charge is 0.326 e. The highest BCUT2D eigenvalue weighted by atomic mass is 19.1. The van der Waals surface area contributed by atoms with Crippen molar-refractivity contribution in [1.82, 2.24) is 4.98 Å². The van der Waals surface area contributed by atoms with Gasteiger partial charge in [0.25, 0.3) is 5.56 Å². The minimum Gasteiger partial charge on any atom is -0.326 e. The Balaban J connectivity index is 0.00000121. The van der Waals surface area contributed by atoms with E-state index in [1.807, 2.05) is 13.8 Å². The van der Waals surface area contributed by atoms with Gasteiger partial charge in [-0.2, -0.15) is 0 Å². The van der Waals surface area contributed by atoms with Crippen molar-refractivity contribution in [2.75, 3.05) is 0 Å². The average Bonchev–Trinajstić information content (AvgIpc) is 1.94. The lowest BCUT2D eigenvalue weighted by Crippen LogP contribution is -2.13. The van der Waals surface area contributed by atoms with E-state index in [4.69, 9.17) is 0 Å². The molecule has 0 saturated carbocycles. The normalized spacial score (nSPS) is 10.5. The zero-order valence-electron chi connectivity index (χ0n) is 6.52. The first-order valence-corrected chi connectivity index (χ1v) is 3.49. The summed E-state index contributed by atoms with van der Waals surface area (Å²) in [5, 5.41) is 0. The van der Waals surface area contributed by atoms with E-state index in [0.717, 1.165) is 6.20 Å². The van der Waals surface area contributed by atoms with Gasteiger partial charge in [-0.3, -0.25) is 4.79 Å². The zero-order chi connectivity index (χ0) is 8.43. The van der Waals surface area contributed by atoms with Gasteiger partial charge >= 0.3 is 0 Å². The summed E-state index contributed by atoms with van der Waals surface area (Å²) in [5.41, 5.74) is 0.284. The second kappa shape index (κ2) is 2.86. The summed E-state index contributed by atoms with van der Waals surface area (Å²) in [4.78, 5) is 13.3. The molecule has 0 fully saturated rings. The molecule has 62 valence electrons. The molecule has 1 heterocycles. The summed E-state index contributed by atoms with van der Waals surface area (Å²) >= 11 is 0. The molecule has 1 aromatic rings. The Hall–Kier alpha value is -1.12. The van der Waals surface area contributed by atoms with Crippen LogP contribution in [0.15, 0.2) is 17.1 Å². The minimum absolute atomic E-state index is 0. The van der Waals surface area contributed by atoms with Gasteiger partial charge in [0.2, 0.25) is 0 Å². The molecule has 0 saturated heterocycles. The Kier molecular flexibility index (Phi) is 2.08. The highest BCUT2D eigenvalue weighted by Crippen LogP contribution is 2.08. The smallest absolute Gasteiger partial charge is 0.251 e. The molecule has 0 aliphatic rings. The SMILES string of the molecule is CC(C)c1cc(F)c[nH]c1=O.[HH]. The number of H-pyrrole nitrogens is 1. The maximum absolute atomic E-state index is 12.5. The summed E-state index contributed by atoms with van der Waals surface area (Å²) in [6, 6.07) is 1.27. The molecule has 11 heavy (non-hydrogen) atoms. The number of aromatic amines is 1. The van der Waals surface area contributed by atoms with Crippen LogP contribution in [0.5, 0.6) is 0 Å². The van der Waals surface area contributed by atoms with Gasteiger partial charge in [-0.1, -0.05) is 13.8 Å². The molecule has 0 amide bonds. The van der Waals surface area contributed by atoms with E-state index in [2.05, 4.69) is 4.98 Å². The highest BCUT2D eigenvalue weighted by molar-refractivity contribution is 5.14. The van der Waals surface area contributed by atoms with E-state index in [0.29, 0.717) is 5.56 Å². The van der Waals surface area contributed by atoms with Gasteiger partial charge in [-0.25, -0.2) is 4.39 Å². The Labute approximate surface area is 65.6 Å². The van der Waals surface area contributed by atoms with Crippen molar-refractivity contribution in [1.29, 1.82) is 0 Å².